The molecule has 1 heterocycles. The van der Waals surface area contributed by atoms with Crippen molar-refractivity contribution in [2.24, 2.45) is 0 Å². The Kier molecular flexibility index (Phi) is 2.76. The van der Waals surface area contributed by atoms with Crippen molar-refractivity contribution in [2.45, 2.75) is 11.5 Å². The second-order valence-electron chi connectivity index (χ2n) is 1.79. The number of hydrogen-bond donors (Lipinski definition) is 0. The maximum atomic E-state index is 12.1. The molecule has 0 N–H and O–H groups in total. The molecule has 0 atom stereocenters. The predicted octanol–water partition coefficient (Wildman–Crippen LogP) is 2.14. The SMILES string of the molecule is CSc1ncncc1C(F)F. The minimum absolute atomic E-state index is 0.0972. The van der Waals surface area contributed by atoms with Gasteiger partial charge in [-0.2, -0.15) is 0 Å². The fraction of sp³-hybridized carbons (Fsp3) is 0.333. The summed E-state index contributed by atoms with van der Waals surface area (Å²) >= 11 is 1.19. The summed E-state index contributed by atoms with van der Waals surface area (Å²) in [4.78, 5) is 7.20. The number of halogens is 2. The first-order valence-corrected chi connectivity index (χ1v) is 4.10. The highest BCUT2D eigenvalue weighted by Crippen LogP contribution is 2.25. The predicted molar refractivity (Wildman–Crippen MR) is 38.8 cm³/mol. The molecule has 1 rings (SSSR count). The Morgan fingerprint density at radius 3 is 2.73 bits per heavy atom. The van der Waals surface area contributed by atoms with E-state index in [1.807, 2.05) is 0 Å². The Morgan fingerprint density at radius 1 is 1.55 bits per heavy atom. The van der Waals surface area contributed by atoms with Gasteiger partial charge in [0.2, 0.25) is 0 Å². The molecule has 1 aromatic heterocycles. The van der Waals surface area contributed by atoms with E-state index in [0.29, 0.717) is 5.03 Å². The highest BCUT2D eigenvalue weighted by atomic mass is 32.2. The van der Waals surface area contributed by atoms with Crippen LogP contribution in [0.4, 0.5) is 8.78 Å². The highest BCUT2D eigenvalue weighted by molar-refractivity contribution is 7.98. The van der Waals surface area contributed by atoms with Gasteiger partial charge in [0, 0.05) is 6.20 Å². The lowest BCUT2D eigenvalue weighted by Gasteiger charge is -2.01. The molecule has 2 nitrogen and oxygen atoms in total. The number of nitrogens with zero attached hydrogens (tertiary/aromatic N) is 2. The summed E-state index contributed by atoms with van der Waals surface area (Å²) in [6.45, 7) is 0. The second-order valence-corrected chi connectivity index (χ2v) is 2.58. The summed E-state index contributed by atoms with van der Waals surface area (Å²) in [7, 11) is 0. The van der Waals surface area contributed by atoms with Gasteiger partial charge in [0.25, 0.3) is 6.43 Å². The smallest absolute Gasteiger partial charge is 0.244 e. The van der Waals surface area contributed by atoms with E-state index in [4.69, 9.17) is 0 Å². The molecule has 5 heteroatoms. The zero-order chi connectivity index (χ0) is 8.27. The number of alkyl halides is 2. The van der Waals surface area contributed by atoms with E-state index in [1.54, 1.807) is 6.26 Å². The number of rotatable bonds is 2. The van der Waals surface area contributed by atoms with Crippen LogP contribution in [0.15, 0.2) is 17.6 Å². The van der Waals surface area contributed by atoms with E-state index >= 15 is 0 Å². The standard InChI is InChI=1S/C6H6F2N2S/c1-11-6-4(5(7)8)2-9-3-10-6/h2-3,5H,1H3. The molecule has 60 valence electrons. The number of hydrogen-bond acceptors (Lipinski definition) is 3. The van der Waals surface area contributed by atoms with Gasteiger partial charge in [-0.1, -0.05) is 0 Å². The Hall–Kier alpha value is -0.710. The van der Waals surface area contributed by atoms with E-state index < -0.39 is 6.43 Å². The highest BCUT2D eigenvalue weighted by Gasteiger charge is 2.12. The van der Waals surface area contributed by atoms with Crippen LogP contribution in [0, 0.1) is 0 Å². The lowest BCUT2D eigenvalue weighted by Crippen LogP contribution is -1.92. The van der Waals surface area contributed by atoms with Crippen LogP contribution in [0.3, 0.4) is 0 Å². The maximum Gasteiger partial charge on any atom is 0.267 e. The van der Waals surface area contributed by atoms with E-state index in [2.05, 4.69) is 9.97 Å². The third-order valence-corrected chi connectivity index (χ3v) is 1.86. The Bertz CT molecular complexity index is 242. The molecule has 0 aliphatic rings. The summed E-state index contributed by atoms with van der Waals surface area (Å²) < 4.78 is 24.2. The van der Waals surface area contributed by atoms with Crippen molar-refractivity contribution in [2.75, 3.05) is 6.26 Å². The van der Waals surface area contributed by atoms with Crippen molar-refractivity contribution in [1.82, 2.24) is 9.97 Å². The van der Waals surface area contributed by atoms with Gasteiger partial charge in [-0.05, 0) is 6.26 Å². The molecule has 1 aromatic rings. The molecule has 0 aliphatic carbocycles. The Labute approximate surface area is 67.1 Å². The first-order valence-electron chi connectivity index (χ1n) is 2.87. The molecule has 0 unspecified atom stereocenters. The van der Waals surface area contributed by atoms with Gasteiger partial charge in [-0.3, -0.25) is 0 Å². The van der Waals surface area contributed by atoms with Crippen molar-refractivity contribution in [3.63, 3.8) is 0 Å². The average Bonchev–Trinajstić information content (AvgIpc) is 2.04. The van der Waals surface area contributed by atoms with Crippen LogP contribution in [-0.2, 0) is 0 Å². The van der Waals surface area contributed by atoms with Gasteiger partial charge in [-0.15, -0.1) is 11.8 Å². The zero-order valence-corrected chi connectivity index (χ0v) is 6.61. The third-order valence-electron chi connectivity index (χ3n) is 1.13. The van der Waals surface area contributed by atoms with Crippen LogP contribution in [0.2, 0.25) is 0 Å². The minimum atomic E-state index is -2.49. The molecule has 0 bridgehead atoms. The fourth-order valence-electron chi connectivity index (χ4n) is 0.649. The largest absolute Gasteiger partial charge is 0.267 e. The van der Waals surface area contributed by atoms with E-state index in [9.17, 15) is 8.78 Å². The molecule has 0 amide bonds. The van der Waals surface area contributed by atoms with Crippen molar-refractivity contribution < 1.29 is 8.78 Å². The van der Waals surface area contributed by atoms with Crippen molar-refractivity contribution >= 4 is 11.8 Å². The van der Waals surface area contributed by atoms with Crippen molar-refractivity contribution in [3.05, 3.63) is 18.1 Å². The van der Waals surface area contributed by atoms with Gasteiger partial charge in [0.15, 0.2) is 0 Å². The summed E-state index contributed by atoms with van der Waals surface area (Å²) in [6.07, 6.45) is 1.62. The van der Waals surface area contributed by atoms with Gasteiger partial charge < -0.3 is 0 Å². The molecule has 0 saturated heterocycles. The zero-order valence-electron chi connectivity index (χ0n) is 5.79. The number of aromatic nitrogens is 2. The molecular formula is C6H6F2N2S. The first kappa shape index (κ1) is 8.39. The Balaban J connectivity index is 3.02. The molecule has 0 saturated carbocycles. The van der Waals surface area contributed by atoms with E-state index in [1.165, 1.54) is 18.1 Å². The fourth-order valence-corrected chi connectivity index (χ4v) is 1.18. The Morgan fingerprint density at radius 2 is 2.27 bits per heavy atom. The number of thioether (sulfide) groups is 1. The minimum Gasteiger partial charge on any atom is -0.244 e. The summed E-state index contributed by atoms with van der Waals surface area (Å²) in [5.74, 6) is 0. The van der Waals surface area contributed by atoms with Crippen LogP contribution in [-0.4, -0.2) is 16.2 Å². The van der Waals surface area contributed by atoms with Crippen LogP contribution in [0.5, 0.6) is 0 Å². The molecule has 0 radical (unpaired) electrons. The van der Waals surface area contributed by atoms with Crippen LogP contribution in [0.25, 0.3) is 0 Å². The normalized spacial score (nSPS) is 10.5. The third kappa shape index (κ3) is 1.86. The van der Waals surface area contributed by atoms with Gasteiger partial charge in [0.05, 0.1) is 5.56 Å². The van der Waals surface area contributed by atoms with Crippen LogP contribution in [0.1, 0.15) is 12.0 Å². The van der Waals surface area contributed by atoms with E-state index in [-0.39, 0.29) is 5.56 Å². The van der Waals surface area contributed by atoms with E-state index in [0.717, 1.165) is 6.20 Å². The summed E-state index contributed by atoms with van der Waals surface area (Å²) in [5.41, 5.74) is -0.0972. The topological polar surface area (TPSA) is 25.8 Å². The first-order chi connectivity index (χ1) is 5.25. The quantitative estimate of drug-likeness (QED) is 0.510. The lowest BCUT2D eigenvalue weighted by atomic mass is 10.4. The average molecular weight is 176 g/mol. The lowest BCUT2D eigenvalue weighted by molar-refractivity contribution is 0.147. The van der Waals surface area contributed by atoms with Crippen molar-refractivity contribution in [3.8, 4) is 0 Å². The molecule has 11 heavy (non-hydrogen) atoms. The molecule has 0 fully saturated rings. The molecule has 0 aliphatic heterocycles. The monoisotopic (exact) mass is 176 g/mol. The van der Waals surface area contributed by atoms with Crippen molar-refractivity contribution in [1.29, 1.82) is 0 Å². The molecule has 0 spiro atoms. The van der Waals surface area contributed by atoms with Crippen LogP contribution < -0.4 is 0 Å². The summed E-state index contributed by atoms with van der Waals surface area (Å²) in [6, 6.07) is 0. The van der Waals surface area contributed by atoms with Gasteiger partial charge in [0.1, 0.15) is 11.4 Å². The summed E-state index contributed by atoms with van der Waals surface area (Å²) in [5, 5.41) is 0.343. The molecule has 0 aromatic carbocycles. The second kappa shape index (κ2) is 3.61. The molecular weight excluding hydrogens is 170 g/mol. The maximum absolute atomic E-state index is 12.1. The van der Waals surface area contributed by atoms with Gasteiger partial charge >= 0.3 is 0 Å². The van der Waals surface area contributed by atoms with Gasteiger partial charge in [-0.25, -0.2) is 18.7 Å². The van der Waals surface area contributed by atoms with Crippen LogP contribution >= 0.6 is 11.8 Å².